The van der Waals surface area contributed by atoms with Gasteiger partial charge in [-0.2, -0.15) is 0 Å². The highest BCUT2D eigenvalue weighted by molar-refractivity contribution is 6.30. The number of ether oxygens (including phenoxy) is 1. The summed E-state index contributed by atoms with van der Waals surface area (Å²) in [4.78, 5) is 3.76. The minimum absolute atomic E-state index is 0.00940. The maximum absolute atomic E-state index is 13.6. The van der Waals surface area contributed by atoms with Crippen LogP contribution in [0.2, 0.25) is 5.02 Å². The Labute approximate surface area is 119 Å². The van der Waals surface area contributed by atoms with Crippen molar-refractivity contribution in [3.63, 3.8) is 0 Å². The lowest BCUT2D eigenvalue weighted by molar-refractivity contribution is 0.318. The molecule has 0 amide bonds. The summed E-state index contributed by atoms with van der Waals surface area (Å²) >= 11 is 5.61. The molecule has 0 spiro atoms. The van der Waals surface area contributed by atoms with Gasteiger partial charge in [0.1, 0.15) is 5.75 Å². The Morgan fingerprint density at radius 3 is 2.80 bits per heavy atom. The third-order valence-electron chi connectivity index (χ3n) is 2.57. The molecule has 0 bridgehead atoms. The first kappa shape index (κ1) is 14.1. The molecule has 0 atom stereocenters. The molecule has 20 heavy (non-hydrogen) atoms. The van der Waals surface area contributed by atoms with Gasteiger partial charge >= 0.3 is 0 Å². The van der Waals surface area contributed by atoms with Crippen LogP contribution in [0.25, 0.3) is 0 Å². The molecule has 0 fully saturated rings. The third kappa shape index (κ3) is 2.97. The number of rotatable bonds is 3. The molecule has 0 radical (unpaired) electrons. The lowest BCUT2D eigenvalue weighted by Crippen LogP contribution is -2.14. The van der Waals surface area contributed by atoms with Crippen molar-refractivity contribution in [1.82, 2.24) is 4.98 Å². The molecule has 0 aliphatic rings. The van der Waals surface area contributed by atoms with Gasteiger partial charge in [0, 0.05) is 11.8 Å². The van der Waals surface area contributed by atoms with Gasteiger partial charge in [0.15, 0.2) is 11.7 Å². The summed E-state index contributed by atoms with van der Waals surface area (Å²) in [6.07, 6.45) is 1.29. The number of aryl methyl sites for hydroxylation is 1. The predicted molar refractivity (Wildman–Crippen MR) is 73.0 cm³/mol. The zero-order chi connectivity index (χ0) is 14.7. The van der Waals surface area contributed by atoms with Crippen molar-refractivity contribution in [2.45, 2.75) is 6.92 Å². The fourth-order valence-electron chi connectivity index (χ4n) is 1.63. The Morgan fingerprint density at radius 1 is 1.45 bits per heavy atom. The van der Waals surface area contributed by atoms with Crippen molar-refractivity contribution in [3.8, 4) is 11.6 Å². The van der Waals surface area contributed by atoms with Crippen LogP contribution in [-0.4, -0.2) is 16.0 Å². The molecule has 1 heterocycles. The van der Waals surface area contributed by atoms with E-state index in [1.807, 2.05) is 0 Å². The van der Waals surface area contributed by atoms with Gasteiger partial charge in [-0.05, 0) is 36.8 Å². The van der Waals surface area contributed by atoms with Gasteiger partial charge in [0.25, 0.3) is 5.88 Å². The van der Waals surface area contributed by atoms with E-state index >= 15 is 0 Å². The fraction of sp³-hybridized carbons (Fsp3) is 0.0769. The van der Waals surface area contributed by atoms with Crippen LogP contribution in [-0.2, 0) is 0 Å². The van der Waals surface area contributed by atoms with Gasteiger partial charge in [0.05, 0.1) is 5.02 Å². The Kier molecular flexibility index (Phi) is 4.05. The largest absolute Gasteiger partial charge is 0.436 e. The lowest BCUT2D eigenvalue weighted by atomic mass is 10.1. The standard InChI is InChI=1S/C13H11ClFN3O2/c1-7-4-9(2-3-10(7)12(16)18-19)20-13-11(15)5-8(14)6-17-13/h2-6,19H,1H3,(H2,16,18). The van der Waals surface area contributed by atoms with Crippen LogP contribution < -0.4 is 10.5 Å². The van der Waals surface area contributed by atoms with E-state index in [1.54, 1.807) is 25.1 Å². The van der Waals surface area contributed by atoms with E-state index in [0.29, 0.717) is 16.9 Å². The second-order valence-corrected chi connectivity index (χ2v) is 4.44. The van der Waals surface area contributed by atoms with E-state index in [9.17, 15) is 4.39 Å². The van der Waals surface area contributed by atoms with Crippen LogP contribution in [0.1, 0.15) is 11.1 Å². The minimum Gasteiger partial charge on any atom is -0.436 e. The second-order valence-electron chi connectivity index (χ2n) is 4.00. The maximum Gasteiger partial charge on any atom is 0.255 e. The normalized spacial score (nSPS) is 11.4. The second kappa shape index (κ2) is 5.75. The Hall–Kier alpha value is -2.34. The smallest absolute Gasteiger partial charge is 0.255 e. The number of oxime groups is 1. The molecule has 1 aromatic carbocycles. The summed E-state index contributed by atoms with van der Waals surface area (Å²) in [5.74, 6) is -0.462. The van der Waals surface area contributed by atoms with Crippen molar-refractivity contribution in [1.29, 1.82) is 0 Å². The summed E-state index contributed by atoms with van der Waals surface area (Å²) in [6.45, 7) is 1.76. The molecule has 2 rings (SSSR count). The highest BCUT2D eigenvalue weighted by Crippen LogP contribution is 2.25. The van der Waals surface area contributed by atoms with Crippen molar-refractivity contribution >= 4 is 17.4 Å². The van der Waals surface area contributed by atoms with Gasteiger partial charge < -0.3 is 15.7 Å². The molecular weight excluding hydrogens is 285 g/mol. The average molecular weight is 296 g/mol. The van der Waals surface area contributed by atoms with Gasteiger partial charge in [-0.3, -0.25) is 0 Å². The molecule has 7 heteroatoms. The topological polar surface area (TPSA) is 80.7 Å². The molecule has 2 aromatic rings. The number of nitrogens with zero attached hydrogens (tertiary/aromatic N) is 2. The summed E-state index contributed by atoms with van der Waals surface area (Å²) < 4.78 is 18.9. The number of halogens is 2. The number of aromatic nitrogens is 1. The summed E-state index contributed by atoms with van der Waals surface area (Å²) in [7, 11) is 0. The molecule has 3 N–H and O–H groups in total. The van der Waals surface area contributed by atoms with Gasteiger partial charge in [0.2, 0.25) is 0 Å². The maximum atomic E-state index is 13.6. The van der Waals surface area contributed by atoms with E-state index in [-0.39, 0.29) is 16.7 Å². The SMILES string of the molecule is Cc1cc(Oc2ncc(Cl)cc2F)ccc1/C(N)=N/O. The first-order valence-corrected chi connectivity index (χ1v) is 5.96. The molecule has 104 valence electrons. The Bertz CT molecular complexity index is 677. The molecule has 0 unspecified atom stereocenters. The molecule has 5 nitrogen and oxygen atoms in total. The van der Waals surface area contributed by atoms with Crippen LogP contribution in [0.5, 0.6) is 11.6 Å². The number of benzene rings is 1. The fourth-order valence-corrected chi connectivity index (χ4v) is 1.77. The molecule has 0 saturated heterocycles. The summed E-state index contributed by atoms with van der Waals surface area (Å²) in [5, 5.41) is 11.8. The number of pyridine rings is 1. The monoisotopic (exact) mass is 295 g/mol. The summed E-state index contributed by atoms with van der Waals surface area (Å²) in [5.41, 5.74) is 6.79. The molecular formula is C13H11ClFN3O2. The predicted octanol–water partition coefficient (Wildman–Crippen LogP) is 3.07. The van der Waals surface area contributed by atoms with Crippen molar-refractivity contribution in [3.05, 3.63) is 52.4 Å². The lowest BCUT2D eigenvalue weighted by Gasteiger charge is -2.09. The van der Waals surface area contributed by atoms with Crippen LogP contribution in [0.15, 0.2) is 35.6 Å². The van der Waals surface area contributed by atoms with Crippen LogP contribution in [0.3, 0.4) is 0 Å². The van der Waals surface area contributed by atoms with Crippen LogP contribution in [0.4, 0.5) is 4.39 Å². The highest BCUT2D eigenvalue weighted by Gasteiger charge is 2.10. The third-order valence-corrected chi connectivity index (χ3v) is 2.78. The van der Waals surface area contributed by atoms with E-state index in [2.05, 4.69) is 10.1 Å². The zero-order valence-electron chi connectivity index (χ0n) is 10.5. The van der Waals surface area contributed by atoms with Crippen molar-refractivity contribution in [2.24, 2.45) is 10.9 Å². The van der Waals surface area contributed by atoms with Gasteiger partial charge in [-0.1, -0.05) is 16.8 Å². The van der Waals surface area contributed by atoms with E-state index < -0.39 is 5.82 Å². The number of hydrogen-bond acceptors (Lipinski definition) is 4. The first-order valence-electron chi connectivity index (χ1n) is 5.58. The molecule has 0 aliphatic heterocycles. The average Bonchev–Trinajstić information content (AvgIpc) is 2.41. The van der Waals surface area contributed by atoms with Crippen LogP contribution in [0, 0.1) is 12.7 Å². The Morgan fingerprint density at radius 2 is 2.20 bits per heavy atom. The molecule has 0 saturated carbocycles. The van der Waals surface area contributed by atoms with E-state index in [4.69, 9.17) is 27.3 Å². The molecule has 0 aliphatic carbocycles. The van der Waals surface area contributed by atoms with E-state index in [0.717, 1.165) is 6.07 Å². The van der Waals surface area contributed by atoms with Crippen molar-refractivity contribution in [2.75, 3.05) is 0 Å². The minimum atomic E-state index is -0.657. The number of nitrogens with two attached hydrogens (primary N) is 1. The number of hydrogen-bond donors (Lipinski definition) is 2. The quantitative estimate of drug-likeness (QED) is 0.395. The van der Waals surface area contributed by atoms with Gasteiger partial charge in [-0.25, -0.2) is 9.37 Å². The zero-order valence-corrected chi connectivity index (χ0v) is 11.2. The van der Waals surface area contributed by atoms with Crippen molar-refractivity contribution < 1.29 is 14.3 Å². The van der Waals surface area contributed by atoms with Gasteiger partial charge in [-0.15, -0.1) is 0 Å². The van der Waals surface area contributed by atoms with Crippen LogP contribution >= 0.6 is 11.6 Å². The summed E-state index contributed by atoms with van der Waals surface area (Å²) in [6, 6.07) is 5.91. The highest BCUT2D eigenvalue weighted by atomic mass is 35.5. The number of amidine groups is 1. The first-order chi connectivity index (χ1) is 9.51. The molecule has 1 aromatic heterocycles. The van der Waals surface area contributed by atoms with E-state index in [1.165, 1.54) is 6.20 Å². The Balaban J connectivity index is 2.29.